The minimum atomic E-state index is 0.990. The maximum Gasteiger partial charge on any atom is 0.00993 e. The zero-order chi connectivity index (χ0) is 8.39. The molecule has 2 saturated carbocycles. The molecule has 0 amide bonds. The quantitative estimate of drug-likeness (QED) is 0.608. The van der Waals surface area contributed by atoms with E-state index >= 15 is 0 Å². The Morgan fingerprint density at radius 2 is 1.75 bits per heavy atom. The highest BCUT2D eigenvalue weighted by Gasteiger charge is 2.35. The van der Waals surface area contributed by atoms with Gasteiger partial charge in [-0.1, -0.05) is 19.8 Å². The molecule has 0 saturated heterocycles. The van der Waals surface area contributed by atoms with Gasteiger partial charge in [-0.3, -0.25) is 4.90 Å². The van der Waals surface area contributed by atoms with Crippen LogP contribution in [0.5, 0.6) is 0 Å². The first kappa shape index (κ1) is 8.55. The van der Waals surface area contributed by atoms with E-state index in [9.17, 15) is 0 Å². The molecule has 0 spiro atoms. The minimum absolute atomic E-state index is 0.990. The normalized spacial score (nSPS) is 24.5. The average Bonchev–Trinajstić information content (AvgIpc) is 2.75. The van der Waals surface area contributed by atoms with E-state index in [1.54, 1.807) is 0 Å². The van der Waals surface area contributed by atoms with Crippen LogP contribution < -0.4 is 0 Å². The summed E-state index contributed by atoms with van der Waals surface area (Å²) in [5.74, 6) is 0. The van der Waals surface area contributed by atoms with Crippen LogP contribution in [-0.2, 0) is 0 Å². The summed E-state index contributed by atoms with van der Waals surface area (Å²) in [6, 6.07) is 1.99. The summed E-state index contributed by atoms with van der Waals surface area (Å²) in [5.41, 5.74) is 0. The summed E-state index contributed by atoms with van der Waals surface area (Å²) in [7, 11) is 0. The lowest BCUT2D eigenvalue weighted by Crippen LogP contribution is -2.42. The van der Waals surface area contributed by atoms with Gasteiger partial charge in [0.05, 0.1) is 0 Å². The molecule has 0 aromatic carbocycles. The van der Waals surface area contributed by atoms with Gasteiger partial charge in [0.1, 0.15) is 0 Å². The van der Waals surface area contributed by atoms with Crippen LogP contribution in [0, 0.1) is 0 Å². The fraction of sp³-hybridized carbons (Fsp3) is 1.00. The second-order valence-electron chi connectivity index (χ2n) is 4.41. The van der Waals surface area contributed by atoms with Crippen molar-refractivity contribution in [3.8, 4) is 0 Å². The molecule has 2 rings (SSSR count). The third-order valence-corrected chi connectivity index (χ3v) is 3.33. The largest absolute Gasteiger partial charge is 0.297 e. The number of rotatable bonds is 5. The van der Waals surface area contributed by atoms with Gasteiger partial charge in [-0.25, -0.2) is 0 Å². The average molecular weight is 167 g/mol. The van der Waals surface area contributed by atoms with Crippen LogP contribution >= 0.6 is 0 Å². The maximum atomic E-state index is 2.80. The van der Waals surface area contributed by atoms with Crippen molar-refractivity contribution in [2.24, 2.45) is 0 Å². The van der Waals surface area contributed by atoms with Crippen molar-refractivity contribution in [3.63, 3.8) is 0 Å². The Labute approximate surface area is 76.1 Å². The lowest BCUT2D eigenvalue weighted by molar-refractivity contribution is 0.117. The van der Waals surface area contributed by atoms with Gasteiger partial charge >= 0.3 is 0 Å². The van der Waals surface area contributed by atoms with Crippen molar-refractivity contribution in [2.45, 2.75) is 64.0 Å². The summed E-state index contributed by atoms with van der Waals surface area (Å²) in [5, 5.41) is 0. The molecule has 2 aliphatic carbocycles. The van der Waals surface area contributed by atoms with Gasteiger partial charge in [0.2, 0.25) is 0 Å². The van der Waals surface area contributed by atoms with E-state index in [2.05, 4.69) is 11.8 Å². The van der Waals surface area contributed by atoms with E-state index in [0.717, 1.165) is 12.1 Å². The van der Waals surface area contributed by atoms with Crippen LogP contribution in [0.2, 0.25) is 0 Å². The molecule has 1 heteroatoms. The molecule has 0 aliphatic heterocycles. The molecule has 12 heavy (non-hydrogen) atoms. The Morgan fingerprint density at radius 3 is 2.17 bits per heavy atom. The van der Waals surface area contributed by atoms with Crippen molar-refractivity contribution in [1.29, 1.82) is 0 Å². The molecule has 2 fully saturated rings. The molecule has 0 heterocycles. The van der Waals surface area contributed by atoms with Crippen LogP contribution in [0.1, 0.15) is 51.9 Å². The fourth-order valence-corrected chi connectivity index (χ4v) is 2.13. The van der Waals surface area contributed by atoms with E-state index in [-0.39, 0.29) is 0 Å². The minimum Gasteiger partial charge on any atom is -0.297 e. The molecule has 70 valence electrons. The van der Waals surface area contributed by atoms with Gasteiger partial charge in [-0.15, -0.1) is 0 Å². The first-order valence-corrected chi connectivity index (χ1v) is 5.67. The molecule has 0 aromatic heterocycles. The Hall–Kier alpha value is -0.0400. The second kappa shape index (κ2) is 3.78. The zero-order valence-corrected chi connectivity index (χ0v) is 8.26. The Bertz CT molecular complexity index is 136. The SMILES string of the molecule is CCCCN(C1CCC1)C1CC1. The van der Waals surface area contributed by atoms with Gasteiger partial charge in [0.15, 0.2) is 0 Å². The molecule has 0 unspecified atom stereocenters. The maximum absolute atomic E-state index is 2.80. The number of unbranched alkanes of at least 4 members (excludes halogenated alkanes) is 1. The lowest BCUT2D eigenvalue weighted by atomic mass is 9.91. The summed E-state index contributed by atoms with van der Waals surface area (Å²) >= 11 is 0. The van der Waals surface area contributed by atoms with Crippen molar-refractivity contribution < 1.29 is 0 Å². The van der Waals surface area contributed by atoms with E-state index in [4.69, 9.17) is 0 Å². The topological polar surface area (TPSA) is 3.24 Å². The van der Waals surface area contributed by atoms with Gasteiger partial charge in [-0.05, 0) is 38.6 Å². The second-order valence-corrected chi connectivity index (χ2v) is 4.41. The molecule has 0 radical (unpaired) electrons. The number of nitrogens with zero attached hydrogens (tertiary/aromatic N) is 1. The molecule has 0 bridgehead atoms. The van der Waals surface area contributed by atoms with E-state index in [0.29, 0.717) is 0 Å². The molecule has 0 N–H and O–H groups in total. The van der Waals surface area contributed by atoms with Crippen molar-refractivity contribution in [3.05, 3.63) is 0 Å². The highest BCUT2D eigenvalue weighted by molar-refractivity contribution is 4.91. The summed E-state index contributed by atoms with van der Waals surface area (Å²) in [4.78, 5) is 2.80. The van der Waals surface area contributed by atoms with Crippen molar-refractivity contribution in [2.75, 3.05) is 6.54 Å². The number of hydrogen-bond donors (Lipinski definition) is 0. The van der Waals surface area contributed by atoms with Gasteiger partial charge in [-0.2, -0.15) is 0 Å². The van der Waals surface area contributed by atoms with Crippen molar-refractivity contribution >= 4 is 0 Å². The Kier molecular flexibility index (Phi) is 2.69. The van der Waals surface area contributed by atoms with E-state index in [1.807, 2.05) is 0 Å². The summed E-state index contributed by atoms with van der Waals surface area (Å²) < 4.78 is 0. The standard InChI is InChI=1S/C11H21N/c1-2-3-9-12(11-7-8-11)10-5-4-6-10/h10-11H,2-9H2,1H3. The summed E-state index contributed by atoms with van der Waals surface area (Å²) in [6.45, 7) is 3.68. The molecule has 0 atom stereocenters. The first-order valence-electron chi connectivity index (χ1n) is 5.67. The van der Waals surface area contributed by atoms with Crippen LogP contribution in [0.25, 0.3) is 0 Å². The first-order chi connectivity index (χ1) is 5.92. The summed E-state index contributed by atoms with van der Waals surface area (Å²) in [6.07, 6.45) is 10.2. The molecular weight excluding hydrogens is 146 g/mol. The molecule has 2 aliphatic rings. The lowest BCUT2D eigenvalue weighted by Gasteiger charge is -2.37. The highest BCUT2D eigenvalue weighted by Crippen LogP contribution is 2.35. The Balaban J connectivity index is 1.75. The Morgan fingerprint density at radius 1 is 1.08 bits per heavy atom. The van der Waals surface area contributed by atoms with E-state index in [1.165, 1.54) is 51.5 Å². The van der Waals surface area contributed by atoms with Gasteiger partial charge in [0.25, 0.3) is 0 Å². The fourth-order valence-electron chi connectivity index (χ4n) is 2.13. The van der Waals surface area contributed by atoms with Crippen molar-refractivity contribution in [1.82, 2.24) is 4.90 Å². The molecule has 1 nitrogen and oxygen atoms in total. The molecular formula is C11H21N. The third-order valence-electron chi connectivity index (χ3n) is 3.33. The van der Waals surface area contributed by atoms with Crippen LogP contribution in [-0.4, -0.2) is 23.5 Å². The van der Waals surface area contributed by atoms with Gasteiger partial charge in [0, 0.05) is 12.1 Å². The van der Waals surface area contributed by atoms with Crippen LogP contribution in [0.3, 0.4) is 0 Å². The highest BCUT2D eigenvalue weighted by atomic mass is 15.2. The van der Waals surface area contributed by atoms with E-state index < -0.39 is 0 Å². The zero-order valence-electron chi connectivity index (χ0n) is 8.26. The smallest absolute Gasteiger partial charge is 0.00993 e. The monoisotopic (exact) mass is 167 g/mol. The third kappa shape index (κ3) is 1.82. The van der Waals surface area contributed by atoms with Gasteiger partial charge < -0.3 is 0 Å². The molecule has 0 aromatic rings. The predicted molar refractivity (Wildman–Crippen MR) is 52.3 cm³/mol. The predicted octanol–water partition coefficient (Wildman–Crippen LogP) is 2.80. The van der Waals surface area contributed by atoms with Crippen LogP contribution in [0.15, 0.2) is 0 Å². The van der Waals surface area contributed by atoms with Crippen LogP contribution in [0.4, 0.5) is 0 Å². The number of hydrogen-bond acceptors (Lipinski definition) is 1.